The van der Waals surface area contributed by atoms with Crippen LogP contribution < -0.4 is 4.74 Å². The molecule has 1 N–H and O–H groups in total. The van der Waals surface area contributed by atoms with Crippen molar-refractivity contribution in [3.8, 4) is 17.1 Å². The van der Waals surface area contributed by atoms with E-state index in [2.05, 4.69) is 21.1 Å². The Labute approximate surface area is 118 Å². The fraction of sp³-hybridized carbons (Fsp3) is 0.231. The van der Waals surface area contributed by atoms with Crippen molar-refractivity contribution in [1.29, 1.82) is 0 Å². The molecule has 2 rings (SSSR count). The Bertz CT molecular complexity index is 648. The third-order valence-corrected chi connectivity index (χ3v) is 3.63. The van der Waals surface area contributed by atoms with E-state index in [0.717, 1.165) is 11.1 Å². The number of aryl methyl sites for hydroxylation is 2. The predicted octanol–water partition coefficient (Wildman–Crippen LogP) is 3.43. The Hall–Kier alpha value is -1.82. The van der Waals surface area contributed by atoms with Crippen molar-refractivity contribution in [2.45, 2.75) is 13.8 Å². The molecule has 0 saturated carbocycles. The molecule has 1 aromatic carbocycles. The first kappa shape index (κ1) is 13.6. The van der Waals surface area contributed by atoms with Gasteiger partial charge in [-0.05, 0) is 53.0 Å². The molecular weight excluding hydrogens is 314 g/mol. The van der Waals surface area contributed by atoms with Gasteiger partial charge in [-0.1, -0.05) is 5.16 Å². The van der Waals surface area contributed by atoms with E-state index in [1.165, 1.54) is 0 Å². The Kier molecular flexibility index (Phi) is 3.61. The van der Waals surface area contributed by atoms with Crippen LogP contribution in [0.5, 0.6) is 5.75 Å². The van der Waals surface area contributed by atoms with E-state index in [0.29, 0.717) is 21.5 Å². The highest BCUT2D eigenvalue weighted by Gasteiger charge is 2.23. The number of rotatable bonds is 3. The number of ether oxygens (including phenoxy) is 1. The van der Waals surface area contributed by atoms with Gasteiger partial charge in [0.25, 0.3) is 0 Å². The molecule has 0 radical (unpaired) electrons. The normalized spacial score (nSPS) is 10.5. The summed E-state index contributed by atoms with van der Waals surface area (Å²) in [5.41, 5.74) is 2.64. The average molecular weight is 326 g/mol. The van der Waals surface area contributed by atoms with Gasteiger partial charge in [0.15, 0.2) is 5.76 Å². The summed E-state index contributed by atoms with van der Waals surface area (Å²) < 4.78 is 10.7. The molecule has 0 bridgehead atoms. The van der Waals surface area contributed by atoms with Crippen molar-refractivity contribution in [3.05, 3.63) is 33.4 Å². The topological polar surface area (TPSA) is 72.6 Å². The van der Waals surface area contributed by atoms with Crippen LogP contribution in [0.25, 0.3) is 11.3 Å². The van der Waals surface area contributed by atoms with Crippen LogP contribution in [-0.2, 0) is 0 Å². The minimum Gasteiger partial charge on any atom is -0.496 e. The van der Waals surface area contributed by atoms with Gasteiger partial charge in [-0.25, -0.2) is 4.79 Å². The molecule has 0 unspecified atom stereocenters. The Balaban J connectivity index is 2.65. The summed E-state index contributed by atoms with van der Waals surface area (Å²) >= 11 is 3.20. The molecule has 0 fully saturated rings. The smallest absolute Gasteiger partial charge is 0.359 e. The van der Waals surface area contributed by atoms with Crippen LogP contribution in [-0.4, -0.2) is 23.3 Å². The largest absolute Gasteiger partial charge is 0.496 e. The standard InChI is InChI=1S/C13H12BrNO4/c1-6-4-8(9(18-3)5-7(6)2)12-10(14)11(13(16)17)15-19-12/h4-5H,1-3H3,(H,16,17). The molecule has 0 spiro atoms. The van der Waals surface area contributed by atoms with E-state index in [-0.39, 0.29) is 5.69 Å². The molecule has 0 atom stereocenters. The van der Waals surface area contributed by atoms with E-state index in [4.69, 9.17) is 14.4 Å². The van der Waals surface area contributed by atoms with Gasteiger partial charge in [0.1, 0.15) is 10.2 Å². The molecule has 19 heavy (non-hydrogen) atoms. The number of hydrogen-bond donors (Lipinski definition) is 1. The number of halogens is 1. The molecule has 100 valence electrons. The SMILES string of the molecule is COc1cc(C)c(C)cc1-c1onc(C(=O)O)c1Br. The van der Waals surface area contributed by atoms with Gasteiger partial charge in [0.05, 0.1) is 12.7 Å². The first-order valence-corrected chi connectivity index (χ1v) is 6.29. The Morgan fingerprint density at radius 1 is 1.37 bits per heavy atom. The minimum atomic E-state index is -1.15. The van der Waals surface area contributed by atoms with E-state index in [1.54, 1.807) is 7.11 Å². The van der Waals surface area contributed by atoms with E-state index in [1.807, 2.05) is 26.0 Å². The molecule has 5 nitrogen and oxygen atoms in total. The van der Waals surface area contributed by atoms with Gasteiger partial charge in [0, 0.05) is 0 Å². The highest BCUT2D eigenvalue weighted by atomic mass is 79.9. The molecule has 6 heteroatoms. The van der Waals surface area contributed by atoms with E-state index in [9.17, 15) is 4.79 Å². The van der Waals surface area contributed by atoms with Gasteiger partial charge >= 0.3 is 5.97 Å². The van der Waals surface area contributed by atoms with Crippen molar-refractivity contribution in [1.82, 2.24) is 5.16 Å². The molecular formula is C13H12BrNO4. The molecule has 0 amide bonds. The second kappa shape index (κ2) is 5.05. The zero-order chi connectivity index (χ0) is 14.2. The summed E-state index contributed by atoms with van der Waals surface area (Å²) in [5.74, 6) is -0.195. The summed E-state index contributed by atoms with van der Waals surface area (Å²) in [6.07, 6.45) is 0. The van der Waals surface area contributed by atoms with Gasteiger partial charge in [-0.15, -0.1) is 0 Å². The molecule has 0 saturated heterocycles. The maximum atomic E-state index is 11.0. The molecule has 0 aliphatic rings. The lowest BCUT2D eigenvalue weighted by molar-refractivity contribution is 0.0685. The zero-order valence-corrected chi connectivity index (χ0v) is 12.2. The summed E-state index contributed by atoms with van der Waals surface area (Å²) in [5, 5.41) is 12.5. The molecule has 0 aliphatic heterocycles. The number of benzene rings is 1. The van der Waals surface area contributed by atoms with Gasteiger partial charge in [-0.3, -0.25) is 0 Å². The second-order valence-corrected chi connectivity index (χ2v) is 4.91. The first-order chi connectivity index (χ1) is 8.95. The molecule has 2 aromatic rings. The fourth-order valence-electron chi connectivity index (χ4n) is 1.72. The van der Waals surface area contributed by atoms with Crippen molar-refractivity contribution in [2.75, 3.05) is 7.11 Å². The summed E-state index contributed by atoms with van der Waals surface area (Å²) in [4.78, 5) is 11.0. The molecule has 1 aromatic heterocycles. The maximum absolute atomic E-state index is 11.0. The van der Waals surface area contributed by atoms with Crippen LogP contribution in [0.1, 0.15) is 21.6 Å². The molecule has 0 aliphatic carbocycles. The van der Waals surface area contributed by atoms with Crippen LogP contribution in [0.4, 0.5) is 0 Å². The van der Waals surface area contributed by atoms with Crippen LogP contribution in [0.2, 0.25) is 0 Å². The van der Waals surface area contributed by atoms with Crippen molar-refractivity contribution in [2.24, 2.45) is 0 Å². The number of hydrogen-bond acceptors (Lipinski definition) is 4. The van der Waals surface area contributed by atoms with Gasteiger partial charge in [0.2, 0.25) is 5.69 Å². The summed E-state index contributed by atoms with van der Waals surface area (Å²) in [6, 6.07) is 3.76. The van der Waals surface area contributed by atoms with Gasteiger partial charge in [-0.2, -0.15) is 0 Å². The lowest BCUT2D eigenvalue weighted by atomic mass is 10.0. The second-order valence-electron chi connectivity index (χ2n) is 4.12. The first-order valence-electron chi connectivity index (χ1n) is 5.49. The van der Waals surface area contributed by atoms with Gasteiger partial charge < -0.3 is 14.4 Å². The number of carbonyl (C=O) groups is 1. The summed E-state index contributed by atoms with van der Waals surface area (Å²) in [6.45, 7) is 3.93. The van der Waals surface area contributed by atoms with Crippen molar-refractivity contribution >= 4 is 21.9 Å². The van der Waals surface area contributed by atoms with Crippen LogP contribution >= 0.6 is 15.9 Å². The van der Waals surface area contributed by atoms with Crippen LogP contribution in [0, 0.1) is 13.8 Å². The highest BCUT2D eigenvalue weighted by Crippen LogP contribution is 2.38. The highest BCUT2D eigenvalue weighted by molar-refractivity contribution is 9.10. The molecule has 1 heterocycles. The Morgan fingerprint density at radius 3 is 2.53 bits per heavy atom. The third-order valence-electron chi connectivity index (χ3n) is 2.90. The lowest BCUT2D eigenvalue weighted by Crippen LogP contribution is -1.97. The number of aromatic carboxylic acids is 1. The summed E-state index contributed by atoms with van der Waals surface area (Å²) in [7, 11) is 1.55. The van der Waals surface area contributed by atoms with Crippen LogP contribution in [0.3, 0.4) is 0 Å². The van der Waals surface area contributed by atoms with Crippen molar-refractivity contribution < 1.29 is 19.2 Å². The maximum Gasteiger partial charge on any atom is 0.359 e. The monoisotopic (exact) mass is 325 g/mol. The quantitative estimate of drug-likeness (QED) is 0.935. The number of nitrogens with zero attached hydrogens (tertiary/aromatic N) is 1. The number of carboxylic acids is 1. The zero-order valence-electron chi connectivity index (χ0n) is 10.7. The van der Waals surface area contributed by atoms with Crippen LogP contribution in [0.15, 0.2) is 21.1 Å². The predicted molar refractivity (Wildman–Crippen MR) is 72.6 cm³/mol. The van der Waals surface area contributed by atoms with E-state index >= 15 is 0 Å². The van der Waals surface area contributed by atoms with E-state index < -0.39 is 5.97 Å². The fourth-order valence-corrected chi connectivity index (χ4v) is 2.24. The minimum absolute atomic E-state index is 0.157. The number of carboxylic acid groups (broad SMARTS) is 1. The number of methoxy groups -OCH3 is 1. The Morgan fingerprint density at radius 2 is 2.00 bits per heavy atom. The van der Waals surface area contributed by atoms with Crippen molar-refractivity contribution in [3.63, 3.8) is 0 Å². The third kappa shape index (κ3) is 2.35. The average Bonchev–Trinajstić information content (AvgIpc) is 2.74. The number of aromatic nitrogens is 1. The lowest BCUT2D eigenvalue weighted by Gasteiger charge is -2.09.